The molecule has 7 nitrogen and oxygen atoms in total. The van der Waals surface area contributed by atoms with Crippen LogP contribution in [0.1, 0.15) is 61.1 Å². The van der Waals surface area contributed by atoms with Crippen molar-refractivity contribution in [2.45, 2.75) is 52.2 Å². The monoisotopic (exact) mass is 582 g/mol. The minimum atomic E-state index is -0.673. The number of aliphatic hydroxyl groups excluding tert-OH is 1. The van der Waals surface area contributed by atoms with Crippen LogP contribution in [-0.2, 0) is 26.3 Å². The van der Waals surface area contributed by atoms with Crippen LogP contribution in [-0.4, -0.2) is 66.0 Å². The quantitative estimate of drug-likeness (QED) is 0.189. The summed E-state index contributed by atoms with van der Waals surface area (Å²) >= 11 is 0. The summed E-state index contributed by atoms with van der Waals surface area (Å²) in [6.45, 7) is 13.1. The van der Waals surface area contributed by atoms with Crippen LogP contribution in [0, 0.1) is 6.92 Å². The molecule has 7 heteroatoms. The molecule has 3 aromatic carbocycles. The summed E-state index contributed by atoms with van der Waals surface area (Å²) < 4.78 is 11.5. The van der Waals surface area contributed by atoms with Gasteiger partial charge in [-0.15, -0.1) is 0 Å². The third-order valence-electron chi connectivity index (χ3n) is 8.30. The van der Waals surface area contributed by atoms with E-state index in [0.29, 0.717) is 37.7 Å². The highest BCUT2D eigenvalue weighted by Crippen LogP contribution is 2.40. The summed E-state index contributed by atoms with van der Waals surface area (Å²) in [5.74, 6) is -0.710. The second-order valence-corrected chi connectivity index (χ2v) is 12.4. The average Bonchev–Trinajstić information content (AvgIpc) is 3.26. The average molecular weight is 583 g/mol. The largest absolute Gasteiger partial charge is 0.507 e. The molecule has 0 spiro atoms. The van der Waals surface area contributed by atoms with Crippen molar-refractivity contribution in [1.29, 1.82) is 0 Å². The van der Waals surface area contributed by atoms with Crippen molar-refractivity contribution >= 4 is 17.4 Å². The minimum absolute atomic E-state index is 0.0413. The van der Waals surface area contributed by atoms with E-state index in [9.17, 15) is 14.7 Å². The highest BCUT2D eigenvalue weighted by atomic mass is 16.5. The van der Waals surface area contributed by atoms with Crippen molar-refractivity contribution in [1.82, 2.24) is 9.80 Å². The van der Waals surface area contributed by atoms with E-state index >= 15 is 0 Å². The van der Waals surface area contributed by atoms with Crippen LogP contribution in [0.2, 0.25) is 0 Å². The molecule has 1 amide bonds. The Hall–Kier alpha value is -3.94. The van der Waals surface area contributed by atoms with Gasteiger partial charge in [-0.05, 0) is 59.2 Å². The van der Waals surface area contributed by atoms with Crippen molar-refractivity contribution in [3.63, 3.8) is 0 Å². The highest BCUT2D eigenvalue weighted by molar-refractivity contribution is 6.46. The van der Waals surface area contributed by atoms with Crippen molar-refractivity contribution < 1.29 is 24.2 Å². The van der Waals surface area contributed by atoms with Gasteiger partial charge < -0.3 is 19.5 Å². The predicted octanol–water partition coefficient (Wildman–Crippen LogP) is 6.02. The van der Waals surface area contributed by atoms with Crippen LogP contribution in [0.25, 0.3) is 5.76 Å². The van der Waals surface area contributed by atoms with E-state index in [1.807, 2.05) is 61.5 Å². The number of ketones is 1. The number of hydrogen-bond acceptors (Lipinski definition) is 6. The minimum Gasteiger partial charge on any atom is -0.507 e. The Kier molecular flexibility index (Phi) is 9.33. The zero-order valence-corrected chi connectivity index (χ0v) is 25.6. The number of aliphatic hydroxyl groups is 1. The molecule has 2 fully saturated rings. The smallest absolute Gasteiger partial charge is 0.295 e. The van der Waals surface area contributed by atoms with Gasteiger partial charge in [0, 0.05) is 31.7 Å². The lowest BCUT2D eigenvalue weighted by Gasteiger charge is -2.29. The number of nitrogens with zero attached hydrogens (tertiary/aromatic N) is 2. The molecule has 0 aliphatic carbocycles. The standard InChI is InChI=1S/C36H42N2O5/c1-25-23-28(13-16-30(25)43-24-26-9-6-5-7-10-26)33(39)31-32(27-11-14-29(15-12-27)36(2,3)4)38(35(41)34(31)40)18-8-17-37-19-21-42-22-20-37/h5-7,9-16,23,32,39H,8,17-22,24H2,1-4H3/b33-31+/t32-/m1/s1. The number of carbonyl (C=O) groups excluding carboxylic acids is 2. The molecular formula is C36H42N2O5. The number of hydrogen-bond donors (Lipinski definition) is 1. The molecule has 0 radical (unpaired) electrons. The van der Waals surface area contributed by atoms with Gasteiger partial charge in [-0.1, -0.05) is 75.4 Å². The topological polar surface area (TPSA) is 79.3 Å². The Balaban J connectivity index is 1.44. The Bertz CT molecular complexity index is 1470. The number of likely N-dealkylation sites (tertiary alicyclic amines) is 1. The molecule has 3 aromatic rings. The third kappa shape index (κ3) is 7.00. The van der Waals surface area contributed by atoms with Crippen LogP contribution in [0.4, 0.5) is 0 Å². The molecule has 43 heavy (non-hydrogen) atoms. The first-order valence-electron chi connectivity index (χ1n) is 15.1. The lowest BCUT2D eigenvalue weighted by atomic mass is 9.85. The van der Waals surface area contributed by atoms with E-state index < -0.39 is 17.7 Å². The van der Waals surface area contributed by atoms with Gasteiger partial charge in [0.1, 0.15) is 18.1 Å². The molecule has 2 aliphatic heterocycles. The van der Waals surface area contributed by atoms with E-state index in [2.05, 4.69) is 25.7 Å². The van der Waals surface area contributed by atoms with Gasteiger partial charge in [0.05, 0.1) is 24.8 Å². The number of ether oxygens (including phenoxy) is 2. The first-order valence-corrected chi connectivity index (χ1v) is 15.1. The van der Waals surface area contributed by atoms with E-state index in [1.165, 1.54) is 0 Å². The van der Waals surface area contributed by atoms with E-state index in [0.717, 1.165) is 48.3 Å². The zero-order valence-electron chi connectivity index (χ0n) is 25.6. The summed E-state index contributed by atoms with van der Waals surface area (Å²) in [6, 6.07) is 22.6. The molecular weight excluding hydrogens is 540 g/mol. The van der Waals surface area contributed by atoms with Crippen LogP contribution < -0.4 is 4.74 Å². The maximum absolute atomic E-state index is 13.6. The van der Waals surface area contributed by atoms with Gasteiger partial charge in [0.15, 0.2) is 0 Å². The predicted molar refractivity (Wildman–Crippen MR) is 168 cm³/mol. The normalized spacial score (nSPS) is 19.2. The summed E-state index contributed by atoms with van der Waals surface area (Å²) in [6.07, 6.45) is 0.718. The molecule has 0 unspecified atom stereocenters. The van der Waals surface area contributed by atoms with Crippen molar-refractivity contribution in [2.24, 2.45) is 0 Å². The summed E-state index contributed by atoms with van der Waals surface area (Å²) in [4.78, 5) is 31.0. The number of rotatable bonds is 9. The Morgan fingerprint density at radius 1 is 0.953 bits per heavy atom. The maximum Gasteiger partial charge on any atom is 0.295 e. The van der Waals surface area contributed by atoms with Gasteiger partial charge >= 0.3 is 0 Å². The lowest BCUT2D eigenvalue weighted by Crippen LogP contribution is -2.39. The highest BCUT2D eigenvalue weighted by Gasteiger charge is 2.46. The van der Waals surface area contributed by atoms with Gasteiger partial charge in [-0.2, -0.15) is 0 Å². The van der Waals surface area contributed by atoms with Crippen LogP contribution in [0.15, 0.2) is 78.4 Å². The molecule has 2 saturated heterocycles. The molecule has 226 valence electrons. The molecule has 0 saturated carbocycles. The number of Topliss-reactive ketones (excluding diaryl/α,β-unsaturated/α-hetero) is 1. The molecule has 1 atom stereocenters. The van der Waals surface area contributed by atoms with Crippen molar-refractivity contribution in [3.05, 3.63) is 106 Å². The third-order valence-corrected chi connectivity index (χ3v) is 8.30. The fraction of sp³-hybridized carbons (Fsp3) is 0.389. The van der Waals surface area contributed by atoms with E-state index in [1.54, 1.807) is 23.1 Å². The van der Waals surface area contributed by atoms with Crippen molar-refractivity contribution in [2.75, 3.05) is 39.4 Å². The molecule has 0 bridgehead atoms. The van der Waals surface area contributed by atoms with Gasteiger partial charge in [-0.3, -0.25) is 14.5 Å². The molecule has 2 heterocycles. The number of carbonyl (C=O) groups is 2. The van der Waals surface area contributed by atoms with Crippen LogP contribution in [0.5, 0.6) is 5.75 Å². The molecule has 5 rings (SSSR count). The van der Waals surface area contributed by atoms with Gasteiger partial charge in [0.25, 0.3) is 11.7 Å². The Morgan fingerprint density at radius 3 is 2.30 bits per heavy atom. The van der Waals surface area contributed by atoms with E-state index in [-0.39, 0.29) is 16.7 Å². The number of benzene rings is 3. The fourth-order valence-corrected chi connectivity index (χ4v) is 5.76. The summed E-state index contributed by atoms with van der Waals surface area (Å²) in [5, 5.41) is 11.6. The number of amides is 1. The van der Waals surface area contributed by atoms with Gasteiger partial charge in [0.2, 0.25) is 0 Å². The fourth-order valence-electron chi connectivity index (χ4n) is 5.76. The second kappa shape index (κ2) is 13.1. The first-order chi connectivity index (χ1) is 20.6. The molecule has 1 N–H and O–H groups in total. The summed E-state index contributed by atoms with van der Waals surface area (Å²) in [5.41, 5.74) is 4.40. The first kappa shape index (κ1) is 30.5. The molecule has 2 aliphatic rings. The second-order valence-electron chi connectivity index (χ2n) is 12.4. The summed E-state index contributed by atoms with van der Waals surface area (Å²) in [7, 11) is 0. The van der Waals surface area contributed by atoms with Crippen LogP contribution in [0.3, 0.4) is 0 Å². The Labute approximate surface area is 254 Å². The number of morpholine rings is 1. The van der Waals surface area contributed by atoms with E-state index in [4.69, 9.17) is 9.47 Å². The van der Waals surface area contributed by atoms with Crippen LogP contribution >= 0.6 is 0 Å². The molecule has 0 aromatic heterocycles. The zero-order chi connectivity index (χ0) is 30.6. The van der Waals surface area contributed by atoms with Gasteiger partial charge in [-0.25, -0.2) is 0 Å². The lowest BCUT2D eigenvalue weighted by molar-refractivity contribution is -0.140. The Morgan fingerprint density at radius 2 is 1.65 bits per heavy atom. The maximum atomic E-state index is 13.6. The van der Waals surface area contributed by atoms with Crippen molar-refractivity contribution in [3.8, 4) is 5.75 Å². The number of aryl methyl sites for hydroxylation is 1. The SMILES string of the molecule is Cc1cc(/C(O)=C2\C(=O)C(=O)N(CCCN3CCOCC3)[C@@H]2c2ccc(C(C)(C)C)cc2)ccc1OCc1ccccc1.